The van der Waals surface area contributed by atoms with Gasteiger partial charge < -0.3 is 25.2 Å². The fourth-order valence-corrected chi connectivity index (χ4v) is 5.66. The van der Waals surface area contributed by atoms with Gasteiger partial charge in [0.2, 0.25) is 0 Å². The quantitative estimate of drug-likeness (QED) is 0.465. The zero-order valence-electron chi connectivity index (χ0n) is 20.6. The van der Waals surface area contributed by atoms with Crippen LogP contribution in [-0.4, -0.2) is 56.4 Å². The molecule has 1 saturated carbocycles. The Morgan fingerprint density at radius 1 is 1.22 bits per heavy atom. The Balaban J connectivity index is 1.14. The standard InChI is InChI=1S/C27H28N6O4/c1-16-2-4-20-24(31-16)19(17(11-28)12-29-20)10-22(34)27-8-6-26(7-9-27,15-37-27)30-13-18-3-5-21-25(32-18)33-23(35)14-36-21/h2-5,12,22,30,34H,6-10,13-15H2,1H3,(H,32,33,35). The zero-order chi connectivity index (χ0) is 25.6. The van der Waals surface area contributed by atoms with Gasteiger partial charge in [-0.1, -0.05) is 0 Å². The third kappa shape index (κ3) is 4.29. The van der Waals surface area contributed by atoms with Gasteiger partial charge in [-0.05, 0) is 56.9 Å². The summed E-state index contributed by atoms with van der Waals surface area (Å²) in [5.74, 6) is 0.814. The number of carbonyl (C=O) groups excluding carboxylic acids is 1. The second-order valence-electron chi connectivity index (χ2n) is 10.3. The number of aryl methyl sites for hydroxylation is 1. The normalized spacial score (nSPS) is 25.2. The van der Waals surface area contributed by atoms with Gasteiger partial charge in [0.15, 0.2) is 18.2 Å². The molecule has 3 aromatic heterocycles. The molecular formula is C27H28N6O4. The molecule has 3 aromatic rings. The molecule has 10 nitrogen and oxygen atoms in total. The second kappa shape index (κ2) is 9.03. The highest BCUT2D eigenvalue weighted by molar-refractivity contribution is 5.94. The van der Waals surface area contributed by atoms with E-state index in [9.17, 15) is 15.2 Å². The van der Waals surface area contributed by atoms with E-state index in [0.29, 0.717) is 54.2 Å². The monoisotopic (exact) mass is 500 g/mol. The molecule has 37 heavy (non-hydrogen) atoms. The number of aromatic nitrogens is 3. The van der Waals surface area contributed by atoms with Crippen molar-refractivity contribution in [2.24, 2.45) is 0 Å². The van der Waals surface area contributed by atoms with Gasteiger partial charge in [-0.15, -0.1) is 0 Å². The Morgan fingerprint density at radius 2 is 2.05 bits per heavy atom. The van der Waals surface area contributed by atoms with Crippen molar-refractivity contribution in [3.63, 3.8) is 0 Å². The fourth-order valence-electron chi connectivity index (χ4n) is 5.66. The van der Waals surface area contributed by atoms with E-state index in [1.807, 2.05) is 31.2 Å². The molecule has 7 rings (SSSR count). The Hall–Kier alpha value is -3.65. The highest BCUT2D eigenvalue weighted by atomic mass is 16.5. The Bertz CT molecular complexity index is 1410. The molecule has 1 amide bonds. The van der Waals surface area contributed by atoms with E-state index < -0.39 is 11.7 Å². The zero-order valence-corrected chi connectivity index (χ0v) is 20.6. The Morgan fingerprint density at radius 3 is 2.81 bits per heavy atom. The molecule has 0 spiro atoms. The van der Waals surface area contributed by atoms with Gasteiger partial charge >= 0.3 is 0 Å². The molecule has 0 radical (unpaired) electrons. The number of rotatable bonds is 6. The van der Waals surface area contributed by atoms with Crippen molar-refractivity contribution in [3.05, 3.63) is 53.0 Å². The van der Waals surface area contributed by atoms with E-state index >= 15 is 0 Å². The van der Waals surface area contributed by atoms with Crippen molar-refractivity contribution in [2.45, 2.75) is 62.8 Å². The minimum Gasteiger partial charge on any atom is -0.480 e. The lowest BCUT2D eigenvalue weighted by atomic mass is 9.68. The highest BCUT2D eigenvalue weighted by Gasteiger charge is 2.53. The Kier molecular flexibility index (Phi) is 5.79. The number of anilines is 1. The summed E-state index contributed by atoms with van der Waals surface area (Å²) in [6, 6.07) is 9.71. The lowest BCUT2D eigenvalue weighted by molar-refractivity contribution is -0.208. The number of hydrogen-bond acceptors (Lipinski definition) is 9. The molecule has 2 bridgehead atoms. The maximum absolute atomic E-state index is 11.6. The van der Waals surface area contributed by atoms with Crippen LogP contribution in [0.4, 0.5) is 5.82 Å². The molecule has 3 fully saturated rings. The van der Waals surface area contributed by atoms with E-state index in [4.69, 9.17) is 9.47 Å². The van der Waals surface area contributed by atoms with E-state index in [-0.39, 0.29) is 24.5 Å². The van der Waals surface area contributed by atoms with Gasteiger partial charge in [0, 0.05) is 36.0 Å². The average Bonchev–Trinajstić information content (AvgIpc) is 2.93. The van der Waals surface area contributed by atoms with Crippen molar-refractivity contribution in [1.82, 2.24) is 20.3 Å². The number of aliphatic hydroxyl groups excluding tert-OH is 1. The summed E-state index contributed by atoms with van der Waals surface area (Å²) >= 11 is 0. The SMILES string of the molecule is Cc1ccc2ncc(C#N)c(CC(O)C34CCC(NCc5ccc6c(n5)NC(=O)CO6)(CC3)CO4)c2n1. The molecule has 3 aliphatic heterocycles. The first-order chi connectivity index (χ1) is 17.9. The largest absolute Gasteiger partial charge is 0.480 e. The molecule has 1 aliphatic carbocycles. The number of nitriles is 1. The van der Waals surface area contributed by atoms with Crippen LogP contribution in [0.15, 0.2) is 30.5 Å². The minimum absolute atomic E-state index is 0.00565. The van der Waals surface area contributed by atoms with Gasteiger partial charge in [-0.25, -0.2) is 4.98 Å². The van der Waals surface area contributed by atoms with Crippen molar-refractivity contribution in [3.8, 4) is 11.8 Å². The van der Waals surface area contributed by atoms with Crippen LogP contribution in [0.5, 0.6) is 5.75 Å². The van der Waals surface area contributed by atoms with Crippen LogP contribution < -0.4 is 15.4 Å². The molecule has 1 atom stereocenters. The molecule has 4 aliphatic rings. The lowest BCUT2D eigenvalue weighted by Gasteiger charge is -2.55. The summed E-state index contributed by atoms with van der Waals surface area (Å²) in [5, 5.41) is 27.5. The number of fused-ring (bicyclic) bond motifs is 5. The van der Waals surface area contributed by atoms with Crippen LogP contribution in [0.1, 0.15) is 48.2 Å². The predicted octanol–water partition coefficient (Wildman–Crippen LogP) is 2.31. The summed E-state index contributed by atoms with van der Waals surface area (Å²) in [4.78, 5) is 25.1. The van der Waals surface area contributed by atoms with E-state index in [2.05, 4.69) is 31.7 Å². The van der Waals surface area contributed by atoms with Crippen molar-refractivity contribution < 1.29 is 19.4 Å². The van der Waals surface area contributed by atoms with Gasteiger partial charge in [0.25, 0.3) is 5.91 Å². The van der Waals surface area contributed by atoms with Crippen LogP contribution >= 0.6 is 0 Å². The van der Waals surface area contributed by atoms with Crippen molar-refractivity contribution >= 4 is 22.8 Å². The first kappa shape index (κ1) is 23.7. The molecule has 0 aromatic carbocycles. The molecule has 2 saturated heterocycles. The summed E-state index contributed by atoms with van der Waals surface area (Å²) in [6.07, 6.45) is 4.20. The van der Waals surface area contributed by atoms with Crippen molar-refractivity contribution in [1.29, 1.82) is 5.26 Å². The molecule has 10 heteroatoms. The first-order valence-corrected chi connectivity index (χ1v) is 12.5. The first-order valence-electron chi connectivity index (χ1n) is 12.5. The predicted molar refractivity (Wildman–Crippen MR) is 134 cm³/mol. The number of carbonyl (C=O) groups is 1. The maximum atomic E-state index is 11.6. The summed E-state index contributed by atoms with van der Waals surface area (Å²) in [5.41, 5.74) is 3.32. The van der Waals surface area contributed by atoms with Crippen molar-refractivity contribution in [2.75, 3.05) is 18.5 Å². The van der Waals surface area contributed by atoms with Gasteiger partial charge in [-0.2, -0.15) is 5.26 Å². The summed E-state index contributed by atoms with van der Waals surface area (Å²) in [7, 11) is 0. The molecule has 3 N–H and O–H groups in total. The number of nitrogens with one attached hydrogen (secondary N) is 2. The van der Waals surface area contributed by atoms with Gasteiger partial charge in [0.05, 0.1) is 40.6 Å². The topological polar surface area (TPSA) is 142 Å². The molecule has 190 valence electrons. The van der Waals surface area contributed by atoms with Crippen LogP contribution in [0.2, 0.25) is 0 Å². The number of amides is 1. The number of pyridine rings is 3. The molecular weight excluding hydrogens is 472 g/mol. The molecule has 6 heterocycles. The summed E-state index contributed by atoms with van der Waals surface area (Å²) in [6.45, 7) is 2.92. The lowest BCUT2D eigenvalue weighted by Crippen LogP contribution is -2.65. The van der Waals surface area contributed by atoms with E-state index in [1.54, 1.807) is 6.20 Å². The number of hydrogen-bond donors (Lipinski definition) is 3. The van der Waals surface area contributed by atoms with Gasteiger partial charge in [-0.3, -0.25) is 14.8 Å². The van der Waals surface area contributed by atoms with Crippen LogP contribution in [0.3, 0.4) is 0 Å². The summed E-state index contributed by atoms with van der Waals surface area (Å²) < 4.78 is 11.8. The third-order valence-corrected chi connectivity index (χ3v) is 7.95. The second-order valence-corrected chi connectivity index (χ2v) is 10.3. The third-order valence-electron chi connectivity index (χ3n) is 7.95. The van der Waals surface area contributed by atoms with Crippen LogP contribution in [0.25, 0.3) is 11.0 Å². The minimum atomic E-state index is -0.767. The highest BCUT2D eigenvalue weighted by Crippen LogP contribution is 2.46. The molecule has 1 unspecified atom stereocenters. The van der Waals surface area contributed by atoms with Gasteiger partial charge in [0.1, 0.15) is 6.07 Å². The number of ether oxygens (including phenoxy) is 2. The van der Waals surface area contributed by atoms with E-state index in [1.165, 1.54) is 0 Å². The number of aliphatic hydroxyl groups is 1. The van der Waals surface area contributed by atoms with Crippen LogP contribution in [-0.2, 0) is 22.5 Å². The number of nitrogens with zero attached hydrogens (tertiary/aromatic N) is 4. The smallest absolute Gasteiger partial charge is 0.263 e. The van der Waals surface area contributed by atoms with Crippen LogP contribution in [0, 0.1) is 18.3 Å². The fraction of sp³-hybridized carbons (Fsp3) is 0.444. The maximum Gasteiger partial charge on any atom is 0.263 e. The Labute approximate surface area is 214 Å². The average molecular weight is 501 g/mol. The van der Waals surface area contributed by atoms with E-state index in [0.717, 1.165) is 29.8 Å².